The summed E-state index contributed by atoms with van der Waals surface area (Å²) in [6, 6.07) is 11.2. The summed E-state index contributed by atoms with van der Waals surface area (Å²) in [5.74, 6) is 1.70. The third-order valence-corrected chi connectivity index (χ3v) is 4.64. The molecule has 21 heavy (non-hydrogen) atoms. The standard InChI is InChI=1S/C18H19NO2/c1-20-15-10-12-7-8-19-14-9-11-5-3-4-6-13(11)17(16(12)14)18(15)21-2/h3-6,10,14,19H,7-9H2,1-2H3/t14-/m0/s1. The van der Waals surface area contributed by atoms with Crippen LogP contribution in [0.1, 0.15) is 22.7 Å². The Hall–Kier alpha value is -2.00. The van der Waals surface area contributed by atoms with Crippen molar-refractivity contribution in [3.8, 4) is 22.6 Å². The highest BCUT2D eigenvalue weighted by Gasteiger charge is 2.33. The van der Waals surface area contributed by atoms with Gasteiger partial charge in [0.25, 0.3) is 0 Å². The molecule has 0 saturated carbocycles. The molecule has 3 heteroatoms. The van der Waals surface area contributed by atoms with Gasteiger partial charge in [0, 0.05) is 11.6 Å². The van der Waals surface area contributed by atoms with Gasteiger partial charge in [-0.15, -0.1) is 0 Å². The van der Waals surface area contributed by atoms with Gasteiger partial charge in [-0.25, -0.2) is 0 Å². The van der Waals surface area contributed by atoms with Crippen LogP contribution in [0.5, 0.6) is 11.5 Å². The first kappa shape index (κ1) is 12.7. The molecule has 3 nitrogen and oxygen atoms in total. The number of hydrogen-bond acceptors (Lipinski definition) is 3. The predicted octanol–water partition coefficient (Wildman–Crippen LogP) is 3.11. The molecule has 1 heterocycles. The number of fused-ring (bicyclic) bond motifs is 2. The molecule has 1 aliphatic carbocycles. The van der Waals surface area contributed by atoms with E-state index in [4.69, 9.17) is 9.47 Å². The SMILES string of the molecule is COc1cc2c3c(c1OC)-c1ccccc1C[C@@H]3NCC2. The zero-order chi connectivity index (χ0) is 14.4. The van der Waals surface area contributed by atoms with E-state index >= 15 is 0 Å². The predicted molar refractivity (Wildman–Crippen MR) is 83.1 cm³/mol. The van der Waals surface area contributed by atoms with Crippen LogP contribution in [0, 0.1) is 0 Å². The number of benzene rings is 2. The second kappa shape index (κ2) is 4.78. The van der Waals surface area contributed by atoms with Gasteiger partial charge in [0.15, 0.2) is 11.5 Å². The molecule has 0 unspecified atom stereocenters. The molecule has 2 aromatic rings. The molecule has 1 aliphatic heterocycles. The summed E-state index contributed by atoms with van der Waals surface area (Å²) in [4.78, 5) is 0. The summed E-state index contributed by atoms with van der Waals surface area (Å²) in [5.41, 5.74) is 6.66. The molecule has 0 fully saturated rings. The van der Waals surface area contributed by atoms with E-state index in [0.29, 0.717) is 6.04 Å². The number of nitrogens with one attached hydrogen (secondary N) is 1. The molecule has 0 bridgehead atoms. The Balaban J connectivity index is 2.09. The van der Waals surface area contributed by atoms with E-state index in [2.05, 4.69) is 35.6 Å². The van der Waals surface area contributed by atoms with Crippen molar-refractivity contribution in [2.24, 2.45) is 0 Å². The number of ether oxygens (including phenoxy) is 2. The molecule has 0 aromatic heterocycles. The fraction of sp³-hybridized carbons (Fsp3) is 0.333. The third-order valence-electron chi connectivity index (χ3n) is 4.64. The van der Waals surface area contributed by atoms with Crippen LogP contribution in [-0.4, -0.2) is 20.8 Å². The van der Waals surface area contributed by atoms with Gasteiger partial charge in [0.2, 0.25) is 0 Å². The second-order valence-corrected chi connectivity index (χ2v) is 5.68. The highest BCUT2D eigenvalue weighted by Crippen LogP contribution is 2.50. The Bertz CT molecular complexity index is 709. The smallest absolute Gasteiger partial charge is 0.168 e. The van der Waals surface area contributed by atoms with E-state index in [1.807, 2.05) is 0 Å². The van der Waals surface area contributed by atoms with Crippen LogP contribution in [0.2, 0.25) is 0 Å². The lowest BCUT2D eigenvalue weighted by Crippen LogP contribution is -2.33. The summed E-state index contributed by atoms with van der Waals surface area (Å²) >= 11 is 0. The molecule has 1 atom stereocenters. The van der Waals surface area contributed by atoms with Gasteiger partial charge in [0.1, 0.15) is 0 Å². The average Bonchev–Trinajstić information content (AvgIpc) is 2.54. The van der Waals surface area contributed by atoms with Crippen molar-refractivity contribution in [2.45, 2.75) is 18.9 Å². The molecule has 2 aromatic carbocycles. The van der Waals surface area contributed by atoms with Crippen molar-refractivity contribution in [1.82, 2.24) is 5.32 Å². The van der Waals surface area contributed by atoms with Gasteiger partial charge in [-0.3, -0.25) is 0 Å². The fourth-order valence-electron chi connectivity index (χ4n) is 3.75. The van der Waals surface area contributed by atoms with Gasteiger partial charge in [0.05, 0.1) is 14.2 Å². The van der Waals surface area contributed by atoms with Crippen molar-refractivity contribution < 1.29 is 9.47 Å². The molecule has 4 rings (SSSR count). The van der Waals surface area contributed by atoms with Crippen LogP contribution >= 0.6 is 0 Å². The molecule has 2 aliphatic rings. The summed E-state index contributed by atoms with van der Waals surface area (Å²) in [6.45, 7) is 1.02. The summed E-state index contributed by atoms with van der Waals surface area (Å²) < 4.78 is 11.3. The first-order chi connectivity index (χ1) is 10.3. The maximum absolute atomic E-state index is 5.71. The lowest BCUT2D eigenvalue weighted by Gasteiger charge is -2.35. The number of hydrogen-bond donors (Lipinski definition) is 1. The zero-order valence-electron chi connectivity index (χ0n) is 12.4. The van der Waals surface area contributed by atoms with E-state index in [0.717, 1.165) is 30.9 Å². The maximum atomic E-state index is 5.71. The molecular weight excluding hydrogens is 262 g/mol. The van der Waals surface area contributed by atoms with Gasteiger partial charge in [-0.1, -0.05) is 24.3 Å². The van der Waals surface area contributed by atoms with Crippen LogP contribution < -0.4 is 14.8 Å². The largest absolute Gasteiger partial charge is 0.493 e. The normalized spacial score (nSPS) is 18.7. The van der Waals surface area contributed by atoms with Crippen LogP contribution in [0.25, 0.3) is 11.1 Å². The van der Waals surface area contributed by atoms with Crippen molar-refractivity contribution >= 4 is 0 Å². The minimum Gasteiger partial charge on any atom is -0.493 e. The van der Waals surface area contributed by atoms with E-state index in [-0.39, 0.29) is 0 Å². The Morgan fingerprint density at radius 1 is 1.10 bits per heavy atom. The average molecular weight is 281 g/mol. The van der Waals surface area contributed by atoms with Crippen molar-refractivity contribution in [1.29, 1.82) is 0 Å². The molecule has 0 amide bonds. The maximum Gasteiger partial charge on any atom is 0.168 e. The molecule has 108 valence electrons. The van der Waals surface area contributed by atoms with Gasteiger partial charge >= 0.3 is 0 Å². The first-order valence-corrected chi connectivity index (χ1v) is 7.43. The summed E-state index contributed by atoms with van der Waals surface area (Å²) in [6.07, 6.45) is 2.09. The van der Waals surface area contributed by atoms with Gasteiger partial charge in [-0.05, 0) is 47.7 Å². The van der Waals surface area contributed by atoms with E-state index in [1.54, 1.807) is 14.2 Å². The molecule has 0 radical (unpaired) electrons. The van der Waals surface area contributed by atoms with E-state index in [9.17, 15) is 0 Å². The third kappa shape index (κ3) is 1.77. The van der Waals surface area contributed by atoms with E-state index in [1.165, 1.54) is 27.8 Å². The van der Waals surface area contributed by atoms with E-state index < -0.39 is 0 Å². The molecular formula is C18H19NO2. The van der Waals surface area contributed by atoms with Crippen LogP contribution in [0.15, 0.2) is 30.3 Å². The molecule has 0 saturated heterocycles. The fourth-order valence-corrected chi connectivity index (χ4v) is 3.75. The lowest BCUT2D eigenvalue weighted by atomic mass is 9.77. The minimum absolute atomic E-state index is 0.387. The number of methoxy groups -OCH3 is 2. The quantitative estimate of drug-likeness (QED) is 0.917. The lowest BCUT2D eigenvalue weighted by molar-refractivity contribution is 0.353. The van der Waals surface area contributed by atoms with Crippen LogP contribution in [-0.2, 0) is 12.8 Å². The topological polar surface area (TPSA) is 30.5 Å². The first-order valence-electron chi connectivity index (χ1n) is 7.43. The van der Waals surface area contributed by atoms with Gasteiger partial charge < -0.3 is 14.8 Å². The molecule has 1 N–H and O–H groups in total. The van der Waals surface area contributed by atoms with Crippen LogP contribution in [0.3, 0.4) is 0 Å². The Labute approximate surface area is 124 Å². The Kier molecular flexibility index (Phi) is 2.89. The number of rotatable bonds is 2. The Morgan fingerprint density at radius 2 is 1.95 bits per heavy atom. The van der Waals surface area contributed by atoms with Gasteiger partial charge in [-0.2, -0.15) is 0 Å². The van der Waals surface area contributed by atoms with Crippen molar-refractivity contribution in [2.75, 3.05) is 20.8 Å². The highest BCUT2D eigenvalue weighted by atomic mass is 16.5. The summed E-state index contributed by atoms with van der Waals surface area (Å²) in [7, 11) is 3.44. The second-order valence-electron chi connectivity index (χ2n) is 5.68. The zero-order valence-corrected chi connectivity index (χ0v) is 12.4. The monoisotopic (exact) mass is 281 g/mol. The Morgan fingerprint density at radius 3 is 2.76 bits per heavy atom. The highest BCUT2D eigenvalue weighted by molar-refractivity contribution is 5.83. The summed E-state index contributed by atoms with van der Waals surface area (Å²) in [5, 5.41) is 3.65. The molecule has 0 spiro atoms. The van der Waals surface area contributed by atoms with Crippen molar-refractivity contribution in [3.05, 3.63) is 47.0 Å². The minimum atomic E-state index is 0.387. The van der Waals surface area contributed by atoms with Crippen molar-refractivity contribution in [3.63, 3.8) is 0 Å². The van der Waals surface area contributed by atoms with Crippen LogP contribution in [0.4, 0.5) is 0 Å².